The van der Waals surface area contributed by atoms with E-state index >= 15 is 0 Å². The minimum atomic E-state index is -0.289. The first-order chi connectivity index (χ1) is 9.13. The number of nitrogens with one attached hydrogen (secondary N) is 1. The molecular formula is C14H11ClFN3. The van der Waals surface area contributed by atoms with Crippen molar-refractivity contribution in [1.29, 1.82) is 0 Å². The average Bonchev–Trinajstić information content (AvgIpc) is 2.66. The largest absolute Gasteiger partial charge is 0.338 e. The van der Waals surface area contributed by atoms with Gasteiger partial charge in [-0.05, 0) is 36.4 Å². The van der Waals surface area contributed by atoms with Gasteiger partial charge in [0.2, 0.25) is 0 Å². The predicted octanol–water partition coefficient (Wildman–Crippen LogP) is 4.11. The van der Waals surface area contributed by atoms with Crippen molar-refractivity contribution in [2.45, 2.75) is 0 Å². The van der Waals surface area contributed by atoms with Crippen molar-refractivity contribution in [2.24, 2.45) is 7.05 Å². The summed E-state index contributed by atoms with van der Waals surface area (Å²) in [5, 5.41) is 9.03. The van der Waals surface area contributed by atoms with Crippen molar-refractivity contribution in [1.82, 2.24) is 9.78 Å². The Morgan fingerprint density at radius 3 is 2.84 bits per heavy atom. The Bertz CT molecular complexity index is 752. The minimum absolute atomic E-state index is 0.289. The molecule has 0 bridgehead atoms. The van der Waals surface area contributed by atoms with Crippen LogP contribution in [0.5, 0.6) is 0 Å². The van der Waals surface area contributed by atoms with Crippen LogP contribution in [0.15, 0.2) is 42.5 Å². The molecule has 0 amide bonds. The number of nitrogens with zero attached hydrogens (tertiary/aromatic N) is 2. The highest BCUT2D eigenvalue weighted by Gasteiger charge is 2.09. The molecule has 19 heavy (non-hydrogen) atoms. The summed E-state index contributed by atoms with van der Waals surface area (Å²) in [5.74, 6) is 0.369. The van der Waals surface area contributed by atoms with Gasteiger partial charge in [0.25, 0.3) is 0 Å². The topological polar surface area (TPSA) is 29.9 Å². The standard InChI is InChI=1S/C14H11ClFN3/c1-19-13-6-5-9(15)7-12(13)14(18-19)17-11-4-2-3-10(16)8-11/h2-8H,1H3,(H,17,18). The van der Waals surface area contributed by atoms with Crippen molar-refractivity contribution in [3.63, 3.8) is 0 Å². The van der Waals surface area contributed by atoms with Crippen molar-refractivity contribution in [3.05, 3.63) is 53.3 Å². The van der Waals surface area contributed by atoms with Gasteiger partial charge in [0.15, 0.2) is 5.82 Å². The molecule has 0 fully saturated rings. The third kappa shape index (κ3) is 2.27. The number of aryl methyl sites for hydroxylation is 1. The second-order valence-corrected chi connectivity index (χ2v) is 4.71. The molecule has 3 aromatic rings. The lowest BCUT2D eigenvalue weighted by Gasteiger charge is -2.03. The van der Waals surface area contributed by atoms with E-state index in [-0.39, 0.29) is 5.82 Å². The van der Waals surface area contributed by atoms with E-state index in [1.165, 1.54) is 12.1 Å². The summed E-state index contributed by atoms with van der Waals surface area (Å²) >= 11 is 6.00. The van der Waals surface area contributed by atoms with Gasteiger partial charge in [-0.15, -0.1) is 0 Å². The van der Waals surface area contributed by atoms with Crippen LogP contribution < -0.4 is 5.32 Å². The number of aromatic nitrogens is 2. The van der Waals surface area contributed by atoms with Crippen LogP contribution in [-0.2, 0) is 7.05 Å². The molecule has 0 aliphatic carbocycles. The van der Waals surface area contributed by atoms with Crippen LogP contribution >= 0.6 is 11.6 Å². The van der Waals surface area contributed by atoms with E-state index < -0.39 is 0 Å². The third-order valence-electron chi connectivity index (χ3n) is 2.90. The third-order valence-corrected chi connectivity index (χ3v) is 3.13. The molecule has 1 aromatic heterocycles. The number of hydrogen-bond acceptors (Lipinski definition) is 2. The Balaban J connectivity index is 2.08. The van der Waals surface area contributed by atoms with E-state index in [9.17, 15) is 4.39 Å². The zero-order valence-corrected chi connectivity index (χ0v) is 10.9. The molecule has 3 rings (SSSR count). The number of fused-ring (bicyclic) bond motifs is 1. The smallest absolute Gasteiger partial charge is 0.160 e. The van der Waals surface area contributed by atoms with Crippen molar-refractivity contribution >= 4 is 34.0 Å². The van der Waals surface area contributed by atoms with Crippen molar-refractivity contribution in [3.8, 4) is 0 Å². The number of rotatable bonds is 2. The highest BCUT2D eigenvalue weighted by Crippen LogP contribution is 2.28. The first kappa shape index (κ1) is 12.0. The molecular weight excluding hydrogens is 265 g/mol. The minimum Gasteiger partial charge on any atom is -0.338 e. The monoisotopic (exact) mass is 275 g/mol. The summed E-state index contributed by atoms with van der Waals surface area (Å²) in [7, 11) is 1.85. The lowest BCUT2D eigenvalue weighted by atomic mass is 10.2. The normalized spacial score (nSPS) is 10.9. The number of hydrogen-bond donors (Lipinski definition) is 1. The number of benzene rings is 2. The van der Waals surface area contributed by atoms with Gasteiger partial charge in [-0.3, -0.25) is 4.68 Å². The number of anilines is 2. The molecule has 1 heterocycles. The summed E-state index contributed by atoms with van der Waals surface area (Å²) in [6.45, 7) is 0. The Labute approximate surface area is 114 Å². The zero-order valence-electron chi connectivity index (χ0n) is 10.2. The maximum Gasteiger partial charge on any atom is 0.160 e. The summed E-state index contributed by atoms with van der Waals surface area (Å²) in [5.41, 5.74) is 1.61. The molecule has 0 spiro atoms. The van der Waals surface area contributed by atoms with Gasteiger partial charge in [-0.1, -0.05) is 17.7 Å². The first-order valence-electron chi connectivity index (χ1n) is 5.78. The quantitative estimate of drug-likeness (QED) is 0.763. The van der Waals surface area contributed by atoms with Gasteiger partial charge < -0.3 is 5.32 Å². The van der Waals surface area contributed by atoms with Crippen LogP contribution in [0.25, 0.3) is 10.9 Å². The molecule has 0 aliphatic rings. The van der Waals surface area contributed by atoms with Gasteiger partial charge in [0.05, 0.1) is 5.52 Å². The summed E-state index contributed by atoms with van der Waals surface area (Å²) in [4.78, 5) is 0. The van der Waals surface area contributed by atoms with E-state index in [1.807, 2.05) is 25.2 Å². The molecule has 3 nitrogen and oxygen atoms in total. The molecule has 1 N–H and O–H groups in total. The molecule has 0 radical (unpaired) electrons. The van der Waals surface area contributed by atoms with E-state index in [2.05, 4.69) is 10.4 Å². The first-order valence-corrected chi connectivity index (χ1v) is 6.16. The van der Waals surface area contributed by atoms with E-state index in [0.29, 0.717) is 16.5 Å². The number of halogens is 2. The van der Waals surface area contributed by atoms with Gasteiger partial charge in [-0.25, -0.2) is 4.39 Å². The van der Waals surface area contributed by atoms with E-state index in [1.54, 1.807) is 16.8 Å². The van der Waals surface area contributed by atoms with Crippen LogP contribution in [0.1, 0.15) is 0 Å². The molecule has 0 saturated heterocycles. The van der Waals surface area contributed by atoms with Gasteiger partial charge >= 0.3 is 0 Å². The molecule has 2 aromatic carbocycles. The second kappa shape index (κ2) is 4.55. The van der Waals surface area contributed by atoms with Gasteiger partial charge in [0.1, 0.15) is 5.82 Å². The fourth-order valence-corrected chi connectivity index (χ4v) is 2.21. The lowest BCUT2D eigenvalue weighted by molar-refractivity contribution is 0.628. The fraction of sp³-hybridized carbons (Fsp3) is 0.0714. The highest BCUT2D eigenvalue weighted by atomic mass is 35.5. The van der Waals surface area contributed by atoms with Crippen LogP contribution in [0.2, 0.25) is 5.02 Å². The SMILES string of the molecule is Cn1nc(Nc2cccc(F)c2)c2cc(Cl)ccc21. The molecule has 0 saturated carbocycles. The van der Waals surface area contributed by atoms with Crippen LogP contribution in [0.4, 0.5) is 15.9 Å². The predicted molar refractivity (Wildman–Crippen MR) is 75.4 cm³/mol. The van der Waals surface area contributed by atoms with Crippen LogP contribution in [0.3, 0.4) is 0 Å². The van der Waals surface area contributed by atoms with E-state index in [0.717, 1.165) is 10.9 Å². The molecule has 0 unspecified atom stereocenters. The fourth-order valence-electron chi connectivity index (χ4n) is 2.03. The van der Waals surface area contributed by atoms with E-state index in [4.69, 9.17) is 11.6 Å². The summed E-state index contributed by atoms with van der Waals surface area (Å²) < 4.78 is 14.9. The molecule has 0 aliphatic heterocycles. The molecule has 5 heteroatoms. The Hall–Kier alpha value is -2.07. The Morgan fingerprint density at radius 1 is 1.21 bits per heavy atom. The van der Waals surface area contributed by atoms with Crippen molar-refractivity contribution in [2.75, 3.05) is 5.32 Å². The Kier molecular flexibility index (Phi) is 2.87. The maximum absolute atomic E-state index is 13.2. The van der Waals surface area contributed by atoms with Crippen molar-refractivity contribution < 1.29 is 4.39 Å². The highest BCUT2D eigenvalue weighted by molar-refractivity contribution is 6.31. The van der Waals surface area contributed by atoms with Gasteiger partial charge in [-0.2, -0.15) is 5.10 Å². The maximum atomic E-state index is 13.2. The van der Waals surface area contributed by atoms with Gasteiger partial charge in [0, 0.05) is 23.1 Å². The average molecular weight is 276 g/mol. The molecule has 96 valence electrons. The second-order valence-electron chi connectivity index (χ2n) is 4.27. The van der Waals surface area contributed by atoms with Crippen LogP contribution in [0, 0.1) is 5.82 Å². The summed E-state index contributed by atoms with van der Waals surface area (Å²) in [6, 6.07) is 11.8. The zero-order chi connectivity index (χ0) is 13.4. The lowest BCUT2D eigenvalue weighted by Crippen LogP contribution is -1.94. The summed E-state index contributed by atoms with van der Waals surface area (Å²) in [6.07, 6.45) is 0. The molecule has 0 atom stereocenters. The van der Waals surface area contributed by atoms with Crippen LogP contribution in [-0.4, -0.2) is 9.78 Å². The Morgan fingerprint density at radius 2 is 2.05 bits per heavy atom.